The van der Waals surface area contributed by atoms with E-state index in [1.807, 2.05) is 0 Å². The van der Waals surface area contributed by atoms with E-state index in [2.05, 4.69) is 20.7 Å². The van der Waals surface area contributed by atoms with Crippen LogP contribution < -0.4 is 16.0 Å². The summed E-state index contributed by atoms with van der Waals surface area (Å²) in [6.45, 7) is 4.50. The van der Waals surface area contributed by atoms with E-state index in [0.29, 0.717) is 0 Å². The van der Waals surface area contributed by atoms with Crippen LogP contribution in [0.4, 0.5) is 0 Å². The molecule has 2 aliphatic rings. The fourth-order valence-electron chi connectivity index (χ4n) is 5.09. The lowest BCUT2D eigenvalue weighted by atomic mass is 10.1. The van der Waals surface area contributed by atoms with E-state index in [-0.39, 0.29) is 19.3 Å². The Kier molecular flexibility index (Phi) is 18.5. The average molecular weight is 820 g/mol. The highest BCUT2D eigenvalue weighted by atomic mass is 16.6. The second kappa shape index (κ2) is 22.2. The van der Waals surface area contributed by atoms with Crippen LogP contribution in [-0.2, 0) is 66.8 Å². The lowest BCUT2D eigenvalue weighted by molar-refractivity contribution is -0.167. The summed E-state index contributed by atoms with van der Waals surface area (Å²) in [7, 11) is 1.33. The highest BCUT2D eigenvalue weighted by Gasteiger charge is 2.43. The minimum atomic E-state index is -1.83. The van der Waals surface area contributed by atoms with Gasteiger partial charge < -0.3 is 75.0 Å². The van der Waals surface area contributed by atoms with Crippen molar-refractivity contribution in [2.75, 3.05) is 20.3 Å². The van der Waals surface area contributed by atoms with Crippen LogP contribution in [0, 0.1) is 0 Å². The van der Waals surface area contributed by atoms with E-state index >= 15 is 0 Å². The van der Waals surface area contributed by atoms with Crippen LogP contribution in [0.25, 0.3) is 0 Å². The largest absolute Gasteiger partial charge is 0.505 e. The van der Waals surface area contributed by atoms with Gasteiger partial charge in [0.1, 0.15) is 30.8 Å². The van der Waals surface area contributed by atoms with Gasteiger partial charge >= 0.3 is 35.8 Å². The maximum Gasteiger partial charge on any atom is 0.378 e. The Morgan fingerprint density at radius 1 is 0.667 bits per heavy atom. The predicted molar refractivity (Wildman–Crippen MR) is 185 cm³/mol. The van der Waals surface area contributed by atoms with E-state index < -0.39 is 158 Å². The summed E-state index contributed by atoms with van der Waals surface area (Å²) in [5.74, 6) is -12.6. The van der Waals surface area contributed by atoms with Crippen molar-refractivity contribution in [1.29, 1.82) is 0 Å². The molecule has 0 saturated heterocycles. The fourth-order valence-corrected chi connectivity index (χ4v) is 5.09. The van der Waals surface area contributed by atoms with Crippen molar-refractivity contribution in [3.63, 3.8) is 0 Å². The van der Waals surface area contributed by atoms with Gasteiger partial charge in [0, 0.05) is 19.3 Å². The molecule has 0 fully saturated rings. The molecular weight excluding hydrogens is 770 g/mol. The molecule has 7 atom stereocenters. The lowest BCUT2D eigenvalue weighted by Crippen LogP contribution is -2.47. The molecule has 23 heteroatoms. The highest BCUT2D eigenvalue weighted by Crippen LogP contribution is 2.24. The Labute approximate surface area is 325 Å². The number of hydrogen-bond acceptors (Lipinski definition) is 21. The molecule has 0 aromatic rings. The normalized spacial score (nSPS) is 19.2. The number of rotatable bonds is 23. The van der Waals surface area contributed by atoms with E-state index in [0.717, 1.165) is 0 Å². The number of aliphatic hydroxyl groups is 6. The number of hydrogen-bond donors (Lipinski definition) is 9. The summed E-state index contributed by atoms with van der Waals surface area (Å²) in [5.41, 5.74) is 0. The molecular formula is C34H49N3O20. The maximum atomic E-state index is 13.3. The van der Waals surface area contributed by atoms with Crippen LogP contribution in [-0.4, -0.2) is 153 Å². The molecule has 2 heterocycles. The number of carbonyl (C=O) groups excluding carboxylic acids is 8. The van der Waals surface area contributed by atoms with Gasteiger partial charge in [-0.1, -0.05) is 0 Å². The van der Waals surface area contributed by atoms with Crippen LogP contribution in [0.5, 0.6) is 0 Å². The molecule has 0 spiro atoms. The molecule has 2 rings (SSSR count). The van der Waals surface area contributed by atoms with Crippen molar-refractivity contribution >= 4 is 47.6 Å². The summed E-state index contributed by atoms with van der Waals surface area (Å²) >= 11 is 0. The third-order valence-corrected chi connectivity index (χ3v) is 7.96. The van der Waals surface area contributed by atoms with Gasteiger partial charge in [-0.3, -0.25) is 19.2 Å². The number of amides is 2. The molecule has 9 N–H and O–H groups in total. The zero-order valence-electron chi connectivity index (χ0n) is 31.8. The number of likely N-dealkylation sites (N-methyl/N-ethyl adjacent to an activating group) is 1. The number of carbonyl (C=O) groups is 8. The zero-order valence-corrected chi connectivity index (χ0v) is 31.8. The second-order valence-electron chi connectivity index (χ2n) is 13.2. The van der Waals surface area contributed by atoms with Gasteiger partial charge in [-0.15, -0.1) is 0 Å². The van der Waals surface area contributed by atoms with Gasteiger partial charge in [0.25, 0.3) is 0 Å². The molecule has 5 unspecified atom stereocenters. The van der Waals surface area contributed by atoms with E-state index in [1.54, 1.807) is 27.7 Å². The smallest absolute Gasteiger partial charge is 0.378 e. The molecule has 0 saturated carbocycles. The van der Waals surface area contributed by atoms with Crippen molar-refractivity contribution in [3.05, 3.63) is 23.0 Å². The highest BCUT2D eigenvalue weighted by molar-refractivity contribution is 5.90. The minimum absolute atomic E-state index is 0.210. The van der Waals surface area contributed by atoms with Gasteiger partial charge in [-0.05, 0) is 54.0 Å². The van der Waals surface area contributed by atoms with Crippen LogP contribution in [0.15, 0.2) is 23.0 Å². The quantitative estimate of drug-likeness (QED) is 0.0401. The lowest BCUT2D eigenvalue weighted by Gasteiger charge is -2.25. The number of ether oxygens (including phenoxy) is 6. The van der Waals surface area contributed by atoms with Gasteiger partial charge in [-0.2, -0.15) is 0 Å². The molecule has 57 heavy (non-hydrogen) atoms. The SMILES string of the molecule is CNC(CCC(=O)NC(CCC(=O)NC(CCC(=O)OC(C)C)C(=O)OC(C)C)C(=O)OC(CO)[C@H]1OC(=O)C(O)=C1O)C(=O)OCC(O)[C@H]1OC(=O)C(O)=C1O. The van der Waals surface area contributed by atoms with Crippen molar-refractivity contribution < 1.29 is 97.4 Å². The fraction of sp³-hybridized carbons (Fsp3) is 0.647. The summed E-state index contributed by atoms with van der Waals surface area (Å²) in [4.78, 5) is 100. The van der Waals surface area contributed by atoms with Crippen LogP contribution in [0.1, 0.15) is 66.2 Å². The molecule has 0 aliphatic carbocycles. The molecule has 0 bridgehead atoms. The van der Waals surface area contributed by atoms with Crippen molar-refractivity contribution in [1.82, 2.24) is 16.0 Å². The average Bonchev–Trinajstić information content (AvgIpc) is 3.55. The van der Waals surface area contributed by atoms with Crippen LogP contribution in [0.2, 0.25) is 0 Å². The molecule has 320 valence electrons. The maximum absolute atomic E-state index is 13.3. The summed E-state index contributed by atoms with van der Waals surface area (Å²) in [6.07, 6.45) is -10.5. The molecule has 0 aromatic heterocycles. The monoisotopic (exact) mass is 819 g/mol. The number of aliphatic hydroxyl groups excluding tert-OH is 6. The van der Waals surface area contributed by atoms with Crippen LogP contribution in [0.3, 0.4) is 0 Å². The zero-order chi connectivity index (χ0) is 43.1. The predicted octanol–water partition coefficient (Wildman–Crippen LogP) is -1.90. The topological polar surface area (TPSA) is 349 Å². The first-order valence-electron chi connectivity index (χ1n) is 17.7. The van der Waals surface area contributed by atoms with E-state index in [9.17, 15) is 69.0 Å². The Balaban J connectivity index is 2.15. The van der Waals surface area contributed by atoms with Crippen molar-refractivity contribution in [3.8, 4) is 0 Å². The first-order chi connectivity index (χ1) is 26.7. The van der Waals surface area contributed by atoms with E-state index in [4.69, 9.17) is 23.7 Å². The Hall–Kier alpha value is -5.68. The molecule has 0 radical (unpaired) electrons. The Morgan fingerprint density at radius 2 is 1.12 bits per heavy atom. The Morgan fingerprint density at radius 3 is 1.56 bits per heavy atom. The number of esters is 6. The van der Waals surface area contributed by atoms with E-state index in [1.165, 1.54) is 7.05 Å². The molecule has 0 aromatic carbocycles. The summed E-state index contributed by atoms with van der Waals surface area (Å²) in [5, 5.41) is 66.1. The molecule has 23 nitrogen and oxygen atoms in total. The van der Waals surface area contributed by atoms with Gasteiger partial charge in [-0.25, -0.2) is 19.2 Å². The minimum Gasteiger partial charge on any atom is -0.505 e. The first kappa shape index (κ1) is 47.5. The first-order valence-corrected chi connectivity index (χ1v) is 17.7. The third-order valence-electron chi connectivity index (χ3n) is 7.96. The van der Waals surface area contributed by atoms with Gasteiger partial charge in [0.2, 0.25) is 29.4 Å². The number of cyclic esters (lactones) is 2. The number of nitrogens with one attached hydrogen (secondary N) is 3. The van der Waals surface area contributed by atoms with Gasteiger partial charge in [0.15, 0.2) is 23.7 Å². The second-order valence-corrected chi connectivity index (χ2v) is 13.2. The van der Waals surface area contributed by atoms with Crippen LogP contribution >= 0.6 is 0 Å². The van der Waals surface area contributed by atoms with Crippen molar-refractivity contribution in [2.24, 2.45) is 0 Å². The van der Waals surface area contributed by atoms with Crippen molar-refractivity contribution in [2.45, 2.75) is 121 Å². The third kappa shape index (κ3) is 14.4. The van der Waals surface area contributed by atoms with Gasteiger partial charge in [0.05, 0.1) is 18.8 Å². The summed E-state index contributed by atoms with van der Waals surface area (Å²) in [6, 6.07) is -4.22. The molecule has 2 amide bonds. The summed E-state index contributed by atoms with van der Waals surface area (Å²) < 4.78 is 29.8. The molecule has 2 aliphatic heterocycles. The standard InChI is InChI=1S/C34H49N3O20/c1-14(2)53-23(42)11-8-18(31(48)54-15(3)4)37-22(41)10-7-17(32(49)55-20(12-38)29-25(44)27(46)34(51)57-29)36-21(40)9-6-16(35-5)30(47)52-13-19(39)28-24(43)26(45)33(50)56-28/h14-20,28-29,35,38-39,43-46H,6-13H2,1-5H3,(H,36,40)(H,37,41)/t16?,17?,18?,19?,20?,28-,29-/m1/s1. The Bertz CT molecular complexity index is 1570.